The Morgan fingerprint density at radius 2 is 1.83 bits per heavy atom. The van der Waals surface area contributed by atoms with E-state index in [2.05, 4.69) is 15.5 Å². The molecule has 1 N–H and O–H groups in total. The number of amides is 1. The van der Waals surface area contributed by atoms with Crippen LogP contribution in [0.15, 0.2) is 58.2 Å². The van der Waals surface area contributed by atoms with Gasteiger partial charge in [0.1, 0.15) is 0 Å². The van der Waals surface area contributed by atoms with Gasteiger partial charge in [-0.25, -0.2) is 0 Å². The summed E-state index contributed by atoms with van der Waals surface area (Å²) in [4.78, 5) is 12.0. The number of nitrogens with zero attached hydrogens (tertiary/aromatic N) is 2. The third-order valence-electron chi connectivity index (χ3n) is 3.30. The Balaban J connectivity index is 1.58. The van der Waals surface area contributed by atoms with Crippen LogP contribution in [0.25, 0.3) is 11.5 Å². The van der Waals surface area contributed by atoms with Crippen LogP contribution in [0.4, 0.5) is 5.69 Å². The smallest absolute Gasteiger partial charge is 0.277 e. The van der Waals surface area contributed by atoms with Gasteiger partial charge in [-0.2, -0.15) is 0 Å². The zero-order chi connectivity index (χ0) is 16.9. The third-order valence-corrected chi connectivity index (χ3v) is 4.12. The van der Waals surface area contributed by atoms with E-state index in [1.807, 2.05) is 62.4 Å². The van der Waals surface area contributed by atoms with Crippen LogP contribution in [0.2, 0.25) is 0 Å². The van der Waals surface area contributed by atoms with E-state index in [1.54, 1.807) is 0 Å². The van der Waals surface area contributed by atoms with E-state index in [9.17, 15) is 4.79 Å². The Bertz CT molecular complexity index is 861. The topological polar surface area (TPSA) is 68.0 Å². The standard InChI is InChI=1S/C18H17N3O2S/c1-12-5-3-7-14(9-12)17-20-21-18(23-17)24-11-16(22)19-15-8-4-6-13(2)10-15/h3-10H,11H2,1-2H3,(H,19,22). The molecule has 0 radical (unpaired) electrons. The van der Waals surface area contributed by atoms with Crippen LogP contribution < -0.4 is 5.32 Å². The van der Waals surface area contributed by atoms with E-state index in [0.29, 0.717) is 11.1 Å². The van der Waals surface area contributed by atoms with Crippen LogP contribution in [0.1, 0.15) is 11.1 Å². The van der Waals surface area contributed by atoms with Crippen LogP contribution in [-0.2, 0) is 4.79 Å². The summed E-state index contributed by atoms with van der Waals surface area (Å²) in [6.07, 6.45) is 0. The van der Waals surface area contributed by atoms with E-state index >= 15 is 0 Å². The molecular weight excluding hydrogens is 322 g/mol. The molecule has 1 amide bonds. The second kappa shape index (κ2) is 7.31. The molecule has 0 saturated carbocycles. The Hall–Kier alpha value is -2.60. The summed E-state index contributed by atoms with van der Waals surface area (Å²) in [7, 11) is 0. The van der Waals surface area contributed by atoms with Gasteiger partial charge < -0.3 is 9.73 Å². The Morgan fingerprint density at radius 3 is 2.58 bits per heavy atom. The van der Waals surface area contributed by atoms with Crippen molar-refractivity contribution in [1.82, 2.24) is 10.2 Å². The fourth-order valence-corrected chi connectivity index (χ4v) is 2.77. The van der Waals surface area contributed by atoms with Crippen LogP contribution in [0, 0.1) is 13.8 Å². The minimum atomic E-state index is -0.110. The van der Waals surface area contributed by atoms with Crippen LogP contribution in [0.3, 0.4) is 0 Å². The van der Waals surface area contributed by atoms with Gasteiger partial charge in [0.2, 0.25) is 11.8 Å². The Labute approximate surface area is 144 Å². The highest BCUT2D eigenvalue weighted by molar-refractivity contribution is 7.99. The lowest BCUT2D eigenvalue weighted by atomic mass is 10.1. The van der Waals surface area contributed by atoms with Crippen molar-refractivity contribution in [2.75, 3.05) is 11.1 Å². The van der Waals surface area contributed by atoms with Gasteiger partial charge >= 0.3 is 0 Å². The van der Waals surface area contributed by atoms with E-state index in [-0.39, 0.29) is 11.7 Å². The van der Waals surface area contributed by atoms with E-state index in [4.69, 9.17) is 4.42 Å². The zero-order valence-corrected chi connectivity index (χ0v) is 14.3. The predicted octanol–water partition coefficient (Wildman–Crippen LogP) is 4.08. The van der Waals surface area contributed by atoms with Crippen molar-refractivity contribution in [3.05, 3.63) is 59.7 Å². The number of carbonyl (C=O) groups excluding carboxylic acids is 1. The largest absolute Gasteiger partial charge is 0.411 e. The molecule has 0 bridgehead atoms. The lowest BCUT2D eigenvalue weighted by Gasteiger charge is -2.04. The molecule has 1 aromatic heterocycles. The number of anilines is 1. The van der Waals surface area contributed by atoms with E-state index in [0.717, 1.165) is 22.4 Å². The van der Waals surface area contributed by atoms with Gasteiger partial charge in [-0.1, -0.05) is 41.6 Å². The van der Waals surface area contributed by atoms with Crippen molar-refractivity contribution >= 4 is 23.4 Å². The second-order valence-electron chi connectivity index (χ2n) is 5.45. The lowest BCUT2D eigenvalue weighted by molar-refractivity contribution is -0.113. The number of aryl methyl sites for hydroxylation is 2. The molecule has 0 spiro atoms. The number of rotatable bonds is 5. The number of carbonyl (C=O) groups is 1. The molecule has 0 aliphatic rings. The molecular formula is C18H17N3O2S. The molecule has 122 valence electrons. The van der Waals surface area contributed by atoms with Gasteiger partial charge in [-0.3, -0.25) is 4.79 Å². The normalized spacial score (nSPS) is 10.6. The minimum absolute atomic E-state index is 0.110. The minimum Gasteiger partial charge on any atom is -0.411 e. The Morgan fingerprint density at radius 1 is 1.08 bits per heavy atom. The first-order valence-corrected chi connectivity index (χ1v) is 8.48. The first kappa shape index (κ1) is 16.3. The highest BCUT2D eigenvalue weighted by atomic mass is 32.2. The first-order chi connectivity index (χ1) is 11.6. The van der Waals surface area contributed by atoms with Gasteiger partial charge in [0.25, 0.3) is 5.22 Å². The highest BCUT2D eigenvalue weighted by Crippen LogP contribution is 2.23. The van der Waals surface area contributed by atoms with Gasteiger partial charge in [0.15, 0.2) is 0 Å². The molecule has 0 saturated heterocycles. The molecule has 3 aromatic rings. The quantitative estimate of drug-likeness (QED) is 0.709. The zero-order valence-electron chi connectivity index (χ0n) is 13.4. The van der Waals surface area contributed by atoms with E-state index in [1.165, 1.54) is 11.8 Å². The fraction of sp³-hybridized carbons (Fsp3) is 0.167. The molecule has 5 nitrogen and oxygen atoms in total. The number of aromatic nitrogens is 2. The average Bonchev–Trinajstić information content (AvgIpc) is 3.02. The molecule has 0 aliphatic heterocycles. The maximum absolute atomic E-state index is 12.0. The Kier molecular flexibility index (Phi) is 4.96. The molecule has 3 rings (SSSR count). The van der Waals surface area contributed by atoms with Crippen molar-refractivity contribution in [3.63, 3.8) is 0 Å². The monoisotopic (exact) mass is 339 g/mol. The van der Waals surface area contributed by atoms with Gasteiger partial charge in [-0.05, 0) is 43.7 Å². The molecule has 0 aliphatic carbocycles. The van der Waals surface area contributed by atoms with Gasteiger partial charge in [-0.15, -0.1) is 10.2 Å². The molecule has 24 heavy (non-hydrogen) atoms. The lowest BCUT2D eigenvalue weighted by Crippen LogP contribution is -2.13. The average molecular weight is 339 g/mol. The summed E-state index contributed by atoms with van der Waals surface area (Å²) < 4.78 is 5.61. The SMILES string of the molecule is Cc1cccc(NC(=O)CSc2nnc(-c3cccc(C)c3)o2)c1. The summed E-state index contributed by atoms with van der Waals surface area (Å²) in [5, 5.41) is 11.2. The molecule has 1 heterocycles. The summed E-state index contributed by atoms with van der Waals surface area (Å²) >= 11 is 1.22. The van der Waals surface area contributed by atoms with Crippen molar-refractivity contribution < 1.29 is 9.21 Å². The van der Waals surface area contributed by atoms with Crippen LogP contribution in [0.5, 0.6) is 0 Å². The molecule has 0 unspecified atom stereocenters. The van der Waals surface area contributed by atoms with Crippen LogP contribution >= 0.6 is 11.8 Å². The predicted molar refractivity (Wildman–Crippen MR) is 95.0 cm³/mol. The first-order valence-electron chi connectivity index (χ1n) is 7.50. The summed E-state index contributed by atoms with van der Waals surface area (Å²) in [5.74, 6) is 0.560. The highest BCUT2D eigenvalue weighted by Gasteiger charge is 2.11. The fourth-order valence-electron chi connectivity index (χ4n) is 2.21. The molecule has 0 fully saturated rings. The summed E-state index contributed by atoms with van der Waals surface area (Å²) in [6.45, 7) is 3.99. The maximum Gasteiger partial charge on any atom is 0.277 e. The maximum atomic E-state index is 12.0. The number of hydrogen-bond donors (Lipinski definition) is 1. The third kappa shape index (κ3) is 4.23. The number of thioether (sulfide) groups is 1. The van der Waals surface area contributed by atoms with Crippen LogP contribution in [-0.4, -0.2) is 21.9 Å². The molecule has 2 aromatic carbocycles. The van der Waals surface area contributed by atoms with E-state index < -0.39 is 0 Å². The van der Waals surface area contributed by atoms with Gasteiger partial charge in [0, 0.05) is 11.3 Å². The number of nitrogens with one attached hydrogen (secondary N) is 1. The number of hydrogen-bond acceptors (Lipinski definition) is 5. The molecule has 0 atom stereocenters. The van der Waals surface area contributed by atoms with Crippen molar-refractivity contribution in [2.45, 2.75) is 19.1 Å². The second-order valence-corrected chi connectivity index (χ2v) is 6.38. The number of benzene rings is 2. The summed E-state index contributed by atoms with van der Waals surface area (Å²) in [5.41, 5.74) is 3.88. The molecule has 6 heteroatoms. The van der Waals surface area contributed by atoms with Gasteiger partial charge in [0.05, 0.1) is 5.75 Å². The summed E-state index contributed by atoms with van der Waals surface area (Å²) in [6, 6.07) is 15.5. The van der Waals surface area contributed by atoms with Crippen molar-refractivity contribution in [2.24, 2.45) is 0 Å². The van der Waals surface area contributed by atoms with Crippen molar-refractivity contribution in [1.29, 1.82) is 0 Å². The van der Waals surface area contributed by atoms with Crippen molar-refractivity contribution in [3.8, 4) is 11.5 Å².